The van der Waals surface area contributed by atoms with E-state index in [4.69, 9.17) is 0 Å². The van der Waals surface area contributed by atoms with Gasteiger partial charge in [0.2, 0.25) is 11.8 Å². The van der Waals surface area contributed by atoms with Crippen molar-refractivity contribution in [3.8, 4) is 0 Å². The van der Waals surface area contributed by atoms with Gasteiger partial charge in [-0.3, -0.25) is 14.5 Å². The van der Waals surface area contributed by atoms with E-state index in [-0.39, 0.29) is 30.7 Å². The van der Waals surface area contributed by atoms with Crippen molar-refractivity contribution >= 4 is 23.2 Å². The van der Waals surface area contributed by atoms with Gasteiger partial charge in [0, 0.05) is 30.3 Å². The smallest absolute Gasteiger partial charge is 0.232 e. The molecule has 0 fully saturated rings. The van der Waals surface area contributed by atoms with E-state index < -0.39 is 0 Å². The topological polar surface area (TPSA) is 49.4 Å². The van der Waals surface area contributed by atoms with Gasteiger partial charge < -0.3 is 5.32 Å². The van der Waals surface area contributed by atoms with E-state index in [1.54, 1.807) is 4.90 Å². The number of hydrogen-bond donors (Lipinski definition) is 1. The third-order valence-corrected chi connectivity index (χ3v) is 4.96. The summed E-state index contributed by atoms with van der Waals surface area (Å²) in [5.41, 5.74) is 2.85. The summed E-state index contributed by atoms with van der Waals surface area (Å²) < 4.78 is 0. The average Bonchev–Trinajstić information content (AvgIpc) is 2.79. The molecule has 154 valence electrons. The first-order chi connectivity index (χ1) is 14.6. The fraction of sp³-hybridized carbons (Fsp3) is 0.231. The highest BCUT2D eigenvalue weighted by Crippen LogP contribution is 2.26. The fourth-order valence-corrected chi connectivity index (χ4v) is 3.37. The molecule has 0 heterocycles. The molecule has 0 saturated heterocycles. The second kappa shape index (κ2) is 11.0. The summed E-state index contributed by atoms with van der Waals surface area (Å²) >= 11 is 0. The van der Waals surface area contributed by atoms with Crippen LogP contribution in [0.15, 0.2) is 91.0 Å². The van der Waals surface area contributed by atoms with Crippen LogP contribution >= 0.6 is 0 Å². The number of amides is 2. The monoisotopic (exact) mass is 400 g/mol. The summed E-state index contributed by atoms with van der Waals surface area (Å²) in [5, 5.41) is 3.01. The number of nitrogens with one attached hydrogen (secondary N) is 1. The molecule has 3 aromatic rings. The van der Waals surface area contributed by atoms with Gasteiger partial charge in [-0.15, -0.1) is 0 Å². The van der Waals surface area contributed by atoms with Gasteiger partial charge in [-0.2, -0.15) is 0 Å². The van der Waals surface area contributed by atoms with Crippen LogP contribution in [0.5, 0.6) is 0 Å². The molecule has 1 N–H and O–H groups in total. The predicted octanol–water partition coefficient (Wildman–Crippen LogP) is 5.27. The molecule has 3 rings (SSSR count). The second-order valence-electron chi connectivity index (χ2n) is 7.39. The Morgan fingerprint density at radius 1 is 0.767 bits per heavy atom. The lowest BCUT2D eigenvalue weighted by atomic mass is 10.1. The minimum atomic E-state index is -0.0977. The zero-order chi connectivity index (χ0) is 21.2. The maximum absolute atomic E-state index is 13.0. The number of anilines is 2. The lowest BCUT2D eigenvalue weighted by molar-refractivity contribution is -0.125. The van der Waals surface area contributed by atoms with E-state index in [0.29, 0.717) is 0 Å². The average molecular weight is 401 g/mol. The van der Waals surface area contributed by atoms with Crippen LogP contribution in [0.3, 0.4) is 0 Å². The molecule has 0 bridgehead atoms. The van der Waals surface area contributed by atoms with Gasteiger partial charge >= 0.3 is 0 Å². The van der Waals surface area contributed by atoms with Crippen molar-refractivity contribution in [2.45, 2.75) is 38.6 Å². The van der Waals surface area contributed by atoms with Crippen molar-refractivity contribution in [2.24, 2.45) is 0 Å². The number of rotatable bonds is 9. The van der Waals surface area contributed by atoms with Gasteiger partial charge in [0.1, 0.15) is 0 Å². The summed E-state index contributed by atoms with van der Waals surface area (Å²) in [4.78, 5) is 27.0. The molecule has 0 saturated carbocycles. The molecule has 0 aliphatic carbocycles. The number of para-hydroxylation sites is 2. The SMILES string of the molecule is CC(CCc1ccccc1)NC(=O)CCC(=O)N(c1ccccc1)c1ccccc1. The van der Waals surface area contributed by atoms with Crippen molar-refractivity contribution in [2.75, 3.05) is 4.90 Å². The molecule has 0 radical (unpaired) electrons. The molecular formula is C26H28N2O2. The molecule has 0 aliphatic rings. The second-order valence-corrected chi connectivity index (χ2v) is 7.39. The van der Waals surface area contributed by atoms with Crippen molar-refractivity contribution < 1.29 is 9.59 Å². The highest BCUT2D eigenvalue weighted by Gasteiger charge is 2.19. The molecule has 4 heteroatoms. The van der Waals surface area contributed by atoms with E-state index in [1.807, 2.05) is 85.8 Å². The van der Waals surface area contributed by atoms with Gasteiger partial charge in [-0.05, 0) is 49.6 Å². The summed E-state index contributed by atoms with van der Waals surface area (Å²) in [7, 11) is 0. The highest BCUT2D eigenvalue weighted by molar-refractivity contribution is 6.01. The van der Waals surface area contributed by atoms with E-state index in [9.17, 15) is 9.59 Å². The Hall–Kier alpha value is -3.40. The Morgan fingerprint density at radius 3 is 1.80 bits per heavy atom. The van der Waals surface area contributed by atoms with Crippen molar-refractivity contribution in [3.63, 3.8) is 0 Å². The zero-order valence-electron chi connectivity index (χ0n) is 17.3. The van der Waals surface area contributed by atoms with Crippen LogP contribution in [0, 0.1) is 0 Å². The van der Waals surface area contributed by atoms with Gasteiger partial charge in [-0.1, -0.05) is 66.7 Å². The Labute approximate surface area is 178 Å². The molecule has 1 atom stereocenters. The fourth-order valence-electron chi connectivity index (χ4n) is 3.37. The molecule has 1 unspecified atom stereocenters. The first-order valence-electron chi connectivity index (χ1n) is 10.4. The minimum absolute atomic E-state index is 0.0622. The predicted molar refractivity (Wildman–Crippen MR) is 122 cm³/mol. The van der Waals surface area contributed by atoms with Crippen LogP contribution in [0.25, 0.3) is 0 Å². The van der Waals surface area contributed by atoms with E-state index in [1.165, 1.54) is 5.56 Å². The standard InChI is InChI=1S/C26H28N2O2/c1-21(17-18-22-11-5-2-6-12-22)27-25(29)19-20-26(30)28(23-13-7-3-8-14-23)24-15-9-4-10-16-24/h2-16,21H,17-20H2,1H3,(H,27,29). The maximum Gasteiger partial charge on any atom is 0.232 e. The van der Waals surface area contributed by atoms with E-state index >= 15 is 0 Å². The molecule has 0 spiro atoms. The Kier molecular flexibility index (Phi) is 7.78. The number of carbonyl (C=O) groups excluding carboxylic acids is 2. The number of nitrogens with zero attached hydrogens (tertiary/aromatic N) is 1. The minimum Gasteiger partial charge on any atom is -0.354 e. The first kappa shape index (κ1) is 21.3. The summed E-state index contributed by atoms with van der Waals surface area (Å²) in [6.07, 6.45) is 2.10. The Bertz CT molecular complexity index is 888. The number of carbonyl (C=O) groups is 2. The number of benzene rings is 3. The lowest BCUT2D eigenvalue weighted by Crippen LogP contribution is -2.34. The summed E-state index contributed by atoms with van der Waals surface area (Å²) in [6, 6.07) is 29.3. The van der Waals surface area contributed by atoms with Crippen LogP contribution in [-0.2, 0) is 16.0 Å². The van der Waals surface area contributed by atoms with E-state index in [0.717, 1.165) is 24.2 Å². The Balaban J connectivity index is 1.54. The van der Waals surface area contributed by atoms with Crippen molar-refractivity contribution in [1.82, 2.24) is 5.32 Å². The maximum atomic E-state index is 13.0. The molecule has 2 amide bonds. The Morgan fingerprint density at radius 2 is 1.27 bits per heavy atom. The zero-order valence-corrected chi connectivity index (χ0v) is 17.3. The quantitative estimate of drug-likeness (QED) is 0.532. The van der Waals surface area contributed by atoms with Crippen LogP contribution in [-0.4, -0.2) is 17.9 Å². The molecule has 0 aromatic heterocycles. The molecular weight excluding hydrogens is 372 g/mol. The molecule has 3 aromatic carbocycles. The van der Waals surface area contributed by atoms with Crippen molar-refractivity contribution in [3.05, 3.63) is 96.6 Å². The highest BCUT2D eigenvalue weighted by atomic mass is 16.2. The first-order valence-corrected chi connectivity index (χ1v) is 10.4. The van der Waals surface area contributed by atoms with Gasteiger partial charge in [0.15, 0.2) is 0 Å². The third-order valence-electron chi connectivity index (χ3n) is 4.96. The van der Waals surface area contributed by atoms with Gasteiger partial charge in [0.05, 0.1) is 0 Å². The number of aryl methyl sites for hydroxylation is 1. The molecule has 4 nitrogen and oxygen atoms in total. The summed E-state index contributed by atoms with van der Waals surface area (Å²) in [6.45, 7) is 2.00. The third kappa shape index (κ3) is 6.31. The van der Waals surface area contributed by atoms with Crippen LogP contribution in [0.2, 0.25) is 0 Å². The number of hydrogen-bond acceptors (Lipinski definition) is 2. The molecule has 0 aliphatic heterocycles. The summed E-state index contributed by atoms with van der Waals surface area (Å²) in [5.74, 6) is -0.190. The normalized spacial score (nSPS) is 11.5. The van der Waals surface area contributed by atoms with Crippen LogP contribution in [0.4, 0.5) is 11.4 Å². The van der Waals surface area contributed by atoms with E-state index in [2.05, 4.69) is 17.4 Å². The van der Waals surface area contributed by atoms with Gasteiger partial charge in [-0.25, -0.2) is 0 Å². The van der Waals surface area contributed by atoms with Crippen LogP contribution < -0.4 is 10.2 Å². The largest absolute Gasteiger partial charge is 0.354 e. The molecule has 30 heavy (non-hydrogen) atoms. The van der Waals surface area contributed by atoms with Gasteiger partial charge in [0.25, 0.3) is 0 Å². The lowest BCUT2D eigenvalue weighted by Gasteiger charge is -2.23. The van der Waals surface area contributed by atoms with Crippen LogP contribution in [0.1, 0.15) is 31.7 Å². The van der Waals surface area contributed by atoms with Crippen molar-refractivity contribution in [1.29, 1.82) is 0 Å².